The van der Waals surface area contributed by atoms with Crippen LogP contribution in [0.5, 0.6) is 11.5 Å². The zero-order valence-corrected chi connectivity index (χ0v) is 18.7. The quantitative estimate of drug-likeness (QED) is 0.468. The van der Waals surface area contributed by atoms with Gasteiger partial charge in [0.2, 0.25) is 5.91 Å². The van der Waals surface area contributed by atoms with E-state index in [-0.39, 0.29) is 11.7 Å². The van der Waals surface area contributed by atoms with E-state index in [9.17, 15) is 4.79 Å². The number of aromatic nitrogens is 2. The largest absolute Gasteiger partial charge is 0.497 e. The summed E-state index contributed by atoms with van der Waals surface area (Å²) in [5.74, 6) is 2.43. The smallest absolute Gasteiger partial charge is 0.234 e. The molecule has 0 fully saturated rings. The fourth-order valence-electron chi connectivity index (χ4n) is 2.41. The van der Waals surface area contributed by atoms with E-state index >= 15 is 0 Å². The Morgan fingerprint density at radius 2 is 1.76 bits per heavy atom. The molecule has 0 spiro atoms. The normalized spacial score (nSPS) is 10.6. The maximum absolute atomic E-state index is 12.3. The molecule has 29 heavy (non-hydrogen) atoms. The lowest BCUT2D eigenvalue weighted by atomic mass is 10.2. The fourth-order valence-corrected chi connectivity index (χ4v) is 5.19. The van der Waals surface area contributed by atoms with Gasteiger partial charge in [-0.15, -0.1) is 10.2 Å². The van der Waals surface area contributed by atoms with Crippen molar-refractivity contribution >= 4 is 46.5 Å². The van der Waals surface area contributed by atoms with Crippen LogP contribution in [0.25, 0.3) is 0 Å². The number of nitrogens with one attached hydrogen (secondary N) is 1. The molecule has 0 radical (unpaired) electrons. The third-order valence-corrected chi connectivity index (χ3v) is 7.13. The molecule has 9 heteroatoms. The second-order valence-corrected chi connectivity index (χ2v) is 9.43. The molecule has 0 saturated carbocycles. The van der Waals surface area contributed by atoms with E-state index in [1.165, 1.54) is 28.7 Å². The number of aryl methyl sites for hydroxylation is 1. The van der Waals surface area contributed by atoms with Crippen LogP contribution in [0.3, 0.4) is 0 Å². The van der Waals surface area contributed by atoms with Gasteiger partial charge in [0.1, 0.15) is 11.5 Å². The molecule has 3 rings (SSSR count). The molecule has 1 N–H and O–H groups in total. The molecule has 3 aromatic rings. The molecule has 0 bridgehead atoms. The summed E-state index contributed by atoms with van der Waals surface area (Å²) in [7, 11) is 3.24. The molecule has 1 aromatic heterocycles. The van der Waals surface area contributed by atoms with E-state index < -0.39 is 0 Å². The first kappa shape index (κ1) is 21.5. The zero-order valence-electron chi connectivity index (χ0n) is 16.3. The Morgan fingerprint density at radius 3 is 2.45 bits per heavy atom. The number of carbonyl (C=O) groups is 1. The van der Waals surface area contributed by atoms with Crippen LogP contribution in [-0.4, -0.2) is 36.1 Å². The van der Waals surface area contributed by atoms with Gasteiger partial charge in [-0.1, -0.05) is 53.1 Å². The number of rotatable bonds is 9. The summed E-state index contributed by atoms with van der Waals surface area (Å²) < 4.78 is 12.1. The number of nitrogens with zero attached hydrogens (tertiary/aromatic N) is 2. The van der Waals surface area contributed by atoms with Crippen molar-refractivity contribution in [2.24, 2.45) is 0 Å². The second-order valence-electron chi connectivity index (χ2n) is 6.01. The minimum atomic E-state index is -0.110. The van der Waals surface area contributed by atoms with Crippen LogP contribution < -0.4 is 14.8 Å². The maximum Gasteiger partial charge on any atom is 0.234 e. The van der Waals surface area contributed by atoms with Crippen molar-refractivity contribution in [1.29, 1.82) is 0 Å². The van der Waals surface area contributed by atoms with Gasteiger partial charge in [0.15, 0.2) is 8.68 Å². The van der Waals surface area contributed by atoms with Gasteiger partial charge in [-0.3, -0.25) is 4.79 Å². The molecule has 6 nitrogen and oxygen atoms in total. The Bertz CT molecular complexity index is 961. The summed E-state index contributed by atoms with van der Waals surface area (Å²) in [6.07, 6.45) is 0. The second kappa shape index (κ2) is 10.5. The van der Waals surface area contributed by atoms with Gasteiger partial charge < -0.3 is 14.8 Å². The first-order valence-electron chi connectivity index (χ1n) is 8.74. The fraction of sp³-hybridized carbons (Fsp3) is 0.250. The van der Waals surface area contributed by atoms with E-state index in [4.69, 9.17) is 9.47 Å². The van der Waals surface area contributed by atoms with Crippen molar-refractivity contribution in [2.75, 3.05) is 25.3 Å². The molecule has 152 valence electrons. The molecule has 2 aromatic carbocycles. The van der Waals surface area contributed by atoms with E-state index in [0.29, 0.717) is 11.4 Å². The van der Waals surface area contributed by atoms with Gasteiger partial charge >= 0.3 is 0 Å². The van der Waals surface area contributed by atoms with Crippen LogP contribution in [0.15, 0.2) is 51.1 Å². The summed E-state index contributed by atoms with van der Waals surface area (Å²) in [6.45, 7) is 1.97. The molecule has 0 aliphatic rings. The first-order valence-corrected chi connectivity index (χ1v) is 11.5. The average molecular weight is 448 g/mol. The number of methoxy groups -OCH3 is 2. The van der Waals surface area contributed by atoms with Gasteiger partial charge in [0.25, 0.3) is 0 Å². The highest BCUT2D eigenvalue weighted by Gasteiger charge is 2.11. The Labute approximate surface area is 182 Å². The van der Waals surface area contributed by atoms with Gasteiger partial charge in [-0.05, 0) is 42.3 Å². The van der Waals surface area contributed by atoms with Crippen LogP contribution in [0.4, 0.5) is 5.69 Å². The highest BCUT2D eigenvalue weighted by atomic mass is 32.2. The minimum Gasteiger partial charge on any atom is -0.497 e. The van der Waals surface area contributed by atoms with E-state index in [2.05, 4.69) is 15.5 Å². The number of anilines is 1. The third-order valence-electron chi connectivity index (χ3n) is 3.87. The standard InChI is InChI=1S/C20H21N3O3S3/c1-13-4-9-17(26-3)16(10-13)21-18(24)12-28-20-23-22-19(29-20)27-11-14-5-7-15(25-2)8-6-14/h4-10H,11-12H2,1-3H3,(H,21,24). The molecule has 0 saturated heterocycles. The lowest BCUT2D eigenvalue weighted by molar-refractivity contribution is -0.113. The highest BCUT2D eigenvalue weighted by Crippen LogP contribution is 2.31. The molecular formula is C20H21N3O3S3. The summed E-state index contributed by atoms with van der Waals surface area (Å²) in [4.78, 5) is 12.3. The van der Waals surface area contributed by atoms with Gasteiger partial charge in [0.05, 0.1) is 25.7 Å². The average Bonchev–Trinajstić information content (AvgIpc) is 3.19. The van der Waals surface area contributed by atoms with Gasteiger partial charge in [0, 0.05) is 5.75 Å². The van der Waals surface area contributed by atoms with Crippen molar-refractivity contribution in [3.05, 3.63) is 53.6 Å². The van der Waals surface area contributed by atoms with E-state index in [0.717, 1.165) is 25.7 Å². The number of hydrogen-bond acceptors (Lipinski definition) is 8. The Morgan fingerprint density at radius 1 is 1.03 bits per heavy atom. The third kappa shape index (κ3) is 6.38. The lowest BCUT2D eigenvalue weighted by Gasteiger charge is -2.10. The number of benzene rings is 2. The lowest BCUT2D eigenvalue weighted by Crippen LogP contribution is -2.14. The van der Waals surface area contributed by atoms with Crippen molar-refractivity contribution in [3.8, 4) is 11.5 Å². The van der Waals surface area contributed by atoms with Crippen molar-refractivity contribution < 1.29 is 14.3 Å². The highest BCUT2D eigenvalue weighted by molar-refractivity contribution is 8.03. The maximum atomic E-state index is 12.3. The zero-order chi connectivity index (χ0) is 20.6. The van der Waals surface area contributed by atoms with Crippen LogP contribution in [0.2, 0.25) is 0 Å². The number of amides is 1. The van der Waals surface area contributed by atoms with Crippen LogP contribution in [-0.2, 0) is 10.5 Å². The topological polar surface area (TPSA) is 73.3 Å². The number of thioether (sulfide) groups is 2. The van der Waals surface area contributed by atoms with Gasteiger partial charge in [-0.2, -0.15) is 0 Å². The number of carbonyl (C=O) groups excluding carboxylic acids is 1. The summed E-state index contributed by atoms with van der Waals surface area (Å²) in [5.41, 5.74) is 2.91. The summed E-state index contributed by atoms with van der Waals surface area (Å²) >= 11 is 4.49. The SMILES string of the molecule is COc1ccc(CSc2nnc(SCC(=O)Nc3cc(C)ccc3OC)s2)cc1. The molecule has 0 aliphatic carbocycles. The minimum absolute atomic E-state index is 0.110. The monoisotopic (exact) mass is 447 g/mol. The Kier molecular flexibility index (Phi) is 7.79. The molecular weight excluding hydrogens is 426 g/mol. The van der Waals surface area contributed by atoms with Crippen molar-refractivity contribution in [3.63, 3.8) is 0 Å². The first-order chi connectivity index (χ1) is 14.1. The molecule has 0 unspecified atom stereocenters. The van der Waals surface area contributed by atoms with E-state index in [1.807, 2.05) is 49.4 Å². The molecule has 1 heterocycles. The summed E-state index contributed by atoms with van der Waals surface area (Å²) in [6, 6.07) is 13.6. The summed E-state index contributed by atoms with van der Waals surface area (Å²) in [5, 5.41) is 11.3. The van der Waals surface area contributed by atoms with Crippen LogP contribution in [0.1, 0.15) is 11.1 Å². The molecule has 1 amide bonds. The predicted octanol–water partition coefficient (Wildman–Crippen LogP) is 4.89. The number of ether oxygens (including phenoxy) is 2. The van der Waals surface area contributed by atoms with Gasteiger partial charge in [-0.25, -0.2) is 0 Å². The predicted molar refractivity (Wildman–Crippen MR) is 120 cm³/mol. The Hall–Kier alpha value is -2.23. The van der Waals surface area contributed by atoms with Crippen LogP contribution in [0, 0.1) is 6.92 Å². The van der Waals surface area contributed by atoms with Crippen molar-refractivity contribution in [2.45, 2.75) is 21.4 Å². The van der Waals surface area contributed by atoms with Crippen molar-refractivity contribution in [1.82, 2.24) is 10.2 Å². The number of hydrogen-bond donors (Lipinski definition) is 1. The Balaban J connectivity index is 1.48. The van der Waals surface area contributed by atoms with E-state index in [1.54, 1.807) is 26.0 Å². The molecule has 0 atom stereocenters. The molecule has 0 aliphatic heterocycles. The van der Waals surface area contributed by atoms with Crippen LogP contribution >= 0.6 is 34.9 Å².